The van der Waals surface area contributed by atoms with Crippen LogP contribution in [0.5, 0.6) is 0 Å². The number of fused-ring (bicyclic) bond motifs is 1. The number of amides is 2. The van der Waals surface area contributed by atoms with E-state index in [0.29, 0.717) is 26.3 Å². The van der Waals surface area contributed by atoms with Gasteiger partial charge in [0.2, 0.25) is 0 Å². The number of unbranched alkanes of at least 4 members (excludes halogenated alkanes) is 1. The minimum Gasteiger partial charge on any atom is -0.378 e. The van der Waals surface area contributed by atoms with Gasteiger partial charge in [0, 0.05) is 55.4 Å². The first kappa shape index (κ1) is 23.6. The second-order valence-electron chi connectivity index (χ2n) is 9.67. The predicted molar refractivity (Wildman–Crippen MR) is 138 cm³/mol. The molecule has 1 aromatic heterocycles. The summed E-state index contributed by atoms with van der Waals surface area (Å²) in [7, 11) is 0. The van der Waals surface area contributed by atoms with E-state index in [-0.39, 0.29) is 11.8 Å². The summed E-state index contributed by atoms with van der Waals surface area (Å²) in [4.78, 5) is 29.9. The Morgan fingerprint density at radius 1 is 0.800 bits per heavy atom. The molecule has 2 fully saturated rings. The summed E-state index contributed by atoms with van der Waals surface area (Å²) in [5, 5.41) is 1.02. The molecule has 6 heteroatoms. The Morgan fingerprint density at radius 3 is 2.40 bits per heavy atom. The van der Waals surface area contributed by atoms with Crippen molar-refractivity contribution in [2.24, 2.45) is 0 Å². The summed E-state index contributed by atoms with van der Waals surface area (Å²) in [5.41, 5.74) is 3.92. The number of para-hydroxylation sites is 1. The molecule has 2 saturated heterocycles. The van der Waals surface area contributed by atoms with Gasteiger partial charge in [-0.15, -0.1) is 0 Å². The first-order valence-electron chi connectivity index (χ1n) is 13.0. The lowest BCUT2D eigenvalue weighted by atomic mass is 10.0. The van der Waals surface area contributed by atoms with Gasteiger partial charge in [-0.2, -0.15) is 0 Å². The molecule has 5 rings (SSSR count). The third-order valence-electron chi connectivity index (χ3n) is 7.25. The van der Waals surface area contributed by atoms with Crippen LogP contribution in [0, 0.1) is 0 Å². The second kappa shape index (κ2) is 11.1. The molecule has 0 bridgehead atoms. The smallest absolute Gasteiger partial charge is 0.256 e. The van der Waals surface area contributed by atoms with Gasteiger partial charge in [-0.25, -0.2) is 0 Å². The van der Waals surface area contributed by atoms with Crippen LogP contribution in [-0.2, 0) is 17.7 Å². The molecule has 2 aromatic carbocycles. The summed E-state index contributed by atoms with van der Waals surface area (Å²) < 4.78 is 7.63. The van der Waals surface area contributed by atoms with Crippen molar-refractivity contribution < 1.29 is 14.3 Å². The normalized spacial score (nSPS) is 16.6. The van der Waals surface area contributed by atoms with Gasteiger partial charge in [-0.1, -0.05) is 30.3 Å². The van der Waals surface area contributed by atoms with Crippen LogP contribution in [0.15, 0.2) is 54.7 Å². The molecule has 0 atom stereocenters. The van der Waals surface area contributed by atoms with Crippen LogP contribution in [0.25, 0.3) is 10.9 Å². The van der Waals surface area contributed by atoms with E-state index in [9.17, 15) is 9.59 Å². The van der Waals surface area contributed by atoms with Gasteiger partial charge < -0.3 is 19.1 Å². The van der Waals surface area contributed by atoms with Crippen LogP contribution in [-0.4, -0.2) is 65.6 Å². The maximum Gasteiger partial charge on any atom is 0.256 e. The number of nitrogens with zero attached hydrogens (tertiary/aromatic N) is 3. The lowest BCUT2D eigenvalue weighted by molar-refractivity contribution is 0.0304. The largest absolute Gasteiger partial charge is 0.378 e. The number of likely N-dealkylation sites (tertiary alicyclic amines) is 1. The van der Waals surface area contributed by atoms with E-state index in [1.807, 2.05) is 46.3 Å². The van der Waals surface area contributed by atoms with Crippen LogP contribution >= 0.6 is 0 Å². The molecule has 0 spiro atoms. The fourth-order valence-electron chi connectivity index (χ4n) is 5.29. The fraction of sp³-hybridized carbons (Fsp3) is 0.448. The van der Waals surface area contributed by atoms with Gasteiger partial charge in [0.15, 0.2) is 0 Å². The monoisotopic (exact) mass is 473 g/mol. The zero-order valence-electron chi connectivity index (χ0n) is 20.5. The number of carbonyl (C=O) groups excluding carboxylic acids is 2. The Labute approximate surface area is 207 Å². The number of ether oxygens (including phenoxy) is 1. The summed E-state index contributed by atoms with van der Waals surface area (Å²) >= 11 is 0. The van der Waals surface area contributed by atoms with Crippen molar-refractivity contribution >= 4 is 22.7 Å². The Bertz CT molecular complexity index is 1170. The standard InChI is InChI=1S/C29H35N3O3/c33-28(30-14-5-1-6-15-30)24-11-8-10-23(21-24)9-4-7-16-32-22-26(25-12-2-3-13-27(25)32)29(34)31-17-19-35-20-18-31/h2-3,8,10-13,21-22H,1,4-7,9,14-20H2. The van der Waals surface area contributed by atoms with Gasteiger partial charge in [0.1, 0.15) is 0 Å². The Balaban J connectivity index is 1.21. The molecule has 184 valence electrons. The second-order valence-corrected chi connectivity index (χ2v) is 9.67. The third kappa shape index (κ3) is 5.43. The zero-order chi connectivity index (χ0) is 24.0. The molecule has 2 aliphatic rings. The molecule has 0 aliphatic carbocycles. The minimum absolute atomic E-state index is 0.0958. The van der Waals surface area contributed by atoms with Crippen LogP contribution in [0.1, 0.15) is 58.4 Å². The number of hydrogen-bond donors (Lipinski definition) is 0. The molecular weight excluding hydrogens is 438 g/mol. The topological polar surface area (TPSA) is 54.8 Å². The fourth-order valence-corrected chi connectivity index (χ4v) is 5.29. The molecule has 0 unspecified atom stereocenters. The van der Waals surface area contributed by atoms with Crippen molar-refractivity contribution in [3.8, 4) is 0 Å². The summed E-state index contributed by atoms with van der Waals surface area (Å²) in [6.07, 6.45) is 8.46. The number of aryl methyl sites for hydroxylation is 2. The van der Waals surface area contributed by atoms with Crippen LogP contribution in [0.4, 0.5) is 0 Å². The Hall–Kier alpha value is -3.12. The predicted octanol–water partition coefficient (Wildman–Crippen LogP) is 4.76. The van der Waals surface area contributed by atoms with Crippen molar-refractivity contribution in [2.75, 3.05) is 39.4 Å². The molecule has 6 nitrogen and oxygen atoms in total. The van der Waals surface area contributed by atoms with Gasteiger partial charge in [-0.3, -0.25) is 9.59 Å². The number of rotatable bonds is 7. The van der Waals surface area contributed by atoms with E-state index < -0.39 is 0 Å². The average molecular weight is 474 g/mol. The van der Waals surface area contributed by atoms with E-state index in [1.54, 1.807) is 0 Å². The lowest BCUT2D eigenvalue weighted by Crippen LogP contribution is -2.40. The van der Waals surface area contributed by atoms with Crippen LogP contribution in [0.2, 0.25) is 0 Å². The van der Waals surface area contributed by atoms with Gasteiger partial charge in [0.05, 0.1) is 18.8 Å². The molecule has 3 aromatic rings. The SMILES string of the molecule is O=C(c1cccc(CCCCn2cc(C(=O)N3CCOCC3)c3ccccc32)c1)N1CCCCC1. The highest BCUT2D eigenvalue weighted by Crippen LogP contribution is 2.24. The summed E-state index contributed by atoms with van der Waals surface area (Å²) in [5.74, 6) is 0.265. The van der Waals surface area contributed by atoms with Crippen molar-refractivity contribution in [1.82, 2.24) is 14.4 Å². The molecular formula is C29H35N3O3. The molecule has 0 radical (unpaired) electrons. The first-order valence-corrected chi connectivity index (χ1v) is 13.0. The maximum absolute atomic E-state index is 13.2. The molecule has 2 aliphatic heterocycles. The van der Waals surface area contributed by atoms with E-state index in [4.69, 9.17) is 4.74 Å². The number of morpholine rings is 1. The number of hydrogen-bond acceptors (Lipinski definition) is 3. The van der Waals surface area contributed by atoms with Crippen LogP contribution in [0.3, 0.4) is 0 Å². The van der Waals surface area contributed by atoms with Crippen molar-refractivity contribution in [2.45, 2.75) is 45.1 Å². The number of carbonyl (C=O) groups is 2. The van der Waals surface area contributed by atoms with E-state index >= 15 is 0 Å². The molecule has 0 saturated carbocycles. The highest BCUT2D eigenvalue weighted by atomic mass is 16.5. The maximum atomic E-state index is 13.2. The highest BCUT2D eigenvalue weighted by Gasteiger charge is 2.22. The first-order chi connectivity index (χ1) is 17.2. The summed E-state index contributed by atoms with van der Waals surface area (Å²) in [6, 6.07) is 16.3. The number of aromatic nitrogens is 1. The quantitative estimate of drug-likeness (QED) is 0.465. The van der Waals surface area contributed by atoms with Gasteiger partial charge in [-0.05, 0) is 62.3 Å². The van der Waals surface area contributed by atoms with Crippen molar-refractivity contribution in [3.05, 3.63) is 71.4 Å². The zero-order valence-corrected chi connectivity index (χ0v) is 20.5. The molecule has 0 N–H and O–H groups in total. The van der Waals surface area contributed by atoms with Crippen LogP contribution < -0.4 is 0 Å². The van der Waals surface area contributed by atoms with Crippen molar-refractivity contribution in [3.63, 3.8) is 0 Å². The van der Waals surface area contributed by atoms with Gasteiger partial charge >= 0.3 is 0 Å². The average Bonchev–Trinajstić information content (AvgIpc) is 3.30. The Morgan fingerprint density at radius 2 is 1.57 bits per heavy atom. The van der Waals surface area contributed by atoms with Gasteiger partial charge in [0.25, 0.3) is 11.8 Å². The molecule has 3 heterocycles. The van der Waals surface area contributed by atoms with E-state index in [2.05, 4.69) is 22.8 Å². The minimum atomic E-state index is 0.0958. The lowest BCUT2D eigenvalue weighted by Gasteiger charge is -2.26. The summed E-state index contributed by atoms with van der Waals surface area (Å²) in [6.45, 7) is 5.14. The van der Waals surface area contributed by atoms with E-state index in [0.717, 1.165) is 73.8 Å². The van der Waals surface area contributed by atoms with Crippen molar-refractivity contribution in [1.29, 1.82) is 0 Å². The number of piperidine rings is 1. The Kier molecular flexibility index (Phi) is 7.48. The molecule has 2 amide bonds. The third-order valence-corrected chi connectivity index (χ3v) is 7.25. The highest BCUT2D eigenvalue weighted by molar-refractivity contribution is 6.07. The molecule has 35 heavy (non-hydrogen) atoms. The van der Waals surface area contributed by atoms with E-state index in [1.165, 1.54) is 12.0 Å². The number of benzene rings is 2.